The van der Waals surface area contributed by atoms with Gasteiger partial charge in [-0.1, -0.05) is 15.9 Å². The molecule has 0 aliphatic heterocycles. The topological polar surface area (TPSA) is 76.1 Å². The van der Waals surface area contributed by atoms with Crippen molar-refractivity contribution in [3.8, 4) is 5.75 Å². The van der Waals surface area contributed by atoms with Gasteiger partial charge in [-0.2, -0.15) is 0 Å². The molecule has 6 nitrogen and oxygen atoms in total. The van der Waals surface area contributed by atoms with E-state index in [2.05, 4.69) is 15.9 Å². The first-order valence-corrected chi connectivity index (χ1v) is 7.49. The Morgan fingerprint density at radius 1 is 1.32 bits per heavy atom. The number of aromatic carboxylic acids is 1. The third kappa shape index (κ3) is 5.93. The quantitative estimate of drug-likeness (QED) is 0.855. The molecule has 0 aliphatic rings. The van der Waals surface area contributed by atoms with Crippen LogP contribution in [0.15, 0.2) is 22.7 Å². The summed E-state index contributed by atoms with van der Waals surface area (Å²) in [7, 11) is 1.59. The van der Waals surface area contributed by atoms with Gasteiger partial charge in [-0.05, 0) is 39.0 Å². The van der Waals surface area contributed by atoms with Gasteiger partial charge in [-0.15, -0.1) is 0 Å². The molecule has 1 N–H and O–H groups in total. The third-order valence-electron chi connectivity index (χ3n) is 2.56. The Labute approximate surface area is 138 Å². The van der Waals surface area contributed by atoms with Gasteiger partial charge in [0.25, 0.3) is 0 Å². The van der Waals surface area contributed by atoms with E-state index >= 15 is 0 Å². The largest absolute Gasteiger partial charge is 0.491 e. The fraction of sp³-hybridized carbons (Fsp3) is 0.467. The molecule has 0 atom stereocenters. The fourth-order valence-electron chi connectivity index (χ4n) is 1.52. The van der Waals surface area contributed by atoms with E-state index in [-0.39, 0.29) is 24.5 Å². The van der Waals surface area contributed by atoms with Crippen molar-refractivity contribution >= 4 is 28.0 Å². The summed E-state index contributed by atoms with van der Waals surface area (Å²) in [6.45, 7) is 5.80. The standard InChI is InChI=1S/C15H20BrNO5/c1-15(2,3)22-14(20)17(4)7-8-21-12-9-10(16)5-6-11(12)13(18)19/h5-6,9H,7-8H2,1-4H3,(H,18,19). The highest BCUT2D eigenvalue weighted by Crippen LogP contribution is 2.23. The van der Waals surface area contributed by atoms with Gasteiger partial charge in [0, 0.05) is 11.5 Å². The number of benzene rings is 1. The van der Waals surface area contributed by atoms with Crippen molar-refractivity contribution in [2.45, 2.75) is 26.4 Å². The summed E-state index contributed by atoms with van der Waals surface area (Å²) in [4.78, 5) is 24.3. The summed E-state index contributed by atoms with van der Waals surface area (Å²) in [6.07, 6.45) is -0.455. The molecular weight excluding hydrogens is 354 g/mol. The summed E-state index contributed by atoms with van der Waals surface area (Å²) in [5, 5.41) is 9.10. The van der Waals surface area contributed by atoms with Crippen LogP contribution in [0.3, 0.4) is 0 Å². The van der Waals surface area contributed by atoms with Crippen molar-refractivity contribution in [1.82, 2.24) is 4.90 Å². The van der Waals surface area contributed by atoms with Crippen molar-refractivity contribution < 1.29 is 24.2 Å². The first-order valence-electron chi connectivity index (χ1n) is 6.70. The van der Waals surface area contributed by atoms with Gasteiger partial charge in [-0.3, -0.25) is 0 Å². The Morgan fingerprint density at radius 3 is 2.50 bits per heavy atom. The first kappa shape index (κ1) is 18.3. The van der Waals surface area contributed by atoms with Crippen molar-refractivity contribution in [1.29, 1.82) is 0 Å². The molecule has 0 aromatic heterocycles. The number of hydrogen-bond donors (Lipinski definition) is 1. The highest BCUT2D eigenvalue weighted by atomic mass is 79.9. The lowest BCUT2D eigenvalue weighted by Gasteiger charge is -2.24. The van der Waals surface area contributed by atoms with Gasteiger partial charge >= 0.3 is 12.1 Å². The Hall–Kier alpha value is -1.76. The van der Waals surface area contributed by atoms with Crippen molar-refractivity contribution in [2.24, 2.45) is 0 Å². The Kier molecular flexibility index (Phi) is 6.22. The molecule has 1 aromatic carbocycles. The minimum absolute atomic E-state index is 0.0723. The first-order chi connectivity index (χ1) is 10.1. The van der Waals surface area contributed by atoms with Gasteiger partial charge in [-0.25, -0.2) is 9.59 Å². The van der Waals surface area contributed by atoms with Gasteiger partial charge in [0.15, 0.2) is 0 Å². The average Bonchev–Trinajstić information content (AvgIpc) is 2.36. The normalized spacial score (nSPS) is 11.0. The highest BCUT2D eigenvalue weighted by Gasteiger charge is 2.19. The molecule has 0 radical (unpaired) electrons. The van der Waals surface area contributed by atoms with Gasteiger partial charge in [0.05, 0.1) is 6.54 Å². The number of rotatable bonds is 5. The fourth-order valence-corrected chi connectivity index (χ4v) is 1.86. The SMILES string of the molecule is CN(CCOc1cc(Br)ccc1C(=O)O)C(=O)OC(C)(C)C. The Morgan fingerprint density at radius 2 is 1.95 bits per heavy atom. The number of carbonyl (C=O) groups excluding carboxylic acids is 1. The van der Waals surface area contributed by atoms with Crippen LogP contribution in [-0.4, -0.2) is 47.9 Å². The van der Waals surface area contributed by atoms with Crippen LogP contribution in [0.5, 0.6) is 5.75 Å². The molecule has 1 amide bonds. The maximum absolute atomic E-state index is 11.8. The van der Waals surface area contributed by atoms with Crippen LogP contribution in [0.25, 0.3) is 0 Å². The van der Waals surface area contributed by atoms with Gasteiger partial charge < -0.3 is 19.5 Å². The number of likely N-dealkylation sites (N-methyl/N-ethyl adjacent to an activating group) is 1. The van der Waals surface area contributed by atoms with E-state index in [1.54, 1.807) is 40.0 Å². The maximum atomic E-state index is 11.8. The molecule has 1 rings (SSSR count). The van der Waals surface area contributed by atoms with Crippen LogP contribution in [0, 0.1) is 0 Å². The lowest BCUT2D eigenvalue weighted by atomic mass is 10.2. The summed E-state index contributed by atoms with van der Waals surface area (Å²) >= 11 is 3.27. The maximum Gasteiger partial charge on any atom is 0.410 e. The second kappa shape index (κ2) is 7.49. The van der Waals surface area contributed by atoms with E-state index in [1.165, 1.54) is 11.0 Å². The number of nitrogens with zero attached hydrogens (tertiary/aromatic N) is 1. The molecule has 0 heterocycles. The number of halogens is 1. The number of carbonyl (C=O) groups is 2. The van der Waals surface area contributed by atoms with Crippen LogP contribution in [0.1, 0.15) is 31.1 Å². The number of hydrogen-bond acceptors (Lipinski definition) is 4. The average molecular weight is 374 g/mol. The molecular formula is C15H20BrNO5. The Bertz CT molecular complexity index is 553. The predicted octanol–water partition coefficient (Wildman–Crippen LogP) is 3.39. The van der Waals surface area contributed by atoms with Crippen LogP contribution in [0.2, 0.25) is 0 Å². The Balaban J connectivity index is 2.59. The molecule has 0 unspecified atom stereocenters. The summed E-state index contributed by atoms with van der Waals surface area (Å²) in [5.74, 6) is -0.817. The van der Waals surface area contributed by atoms with E-state index in [4.69, 9.17) is 14.6 Å². The zero-order chi connectivity index (χ0) is 16.9. The number of carboxylic acids is 1. The lowest BCUT2D eigenvalue weighted by Crippen LogP contribution is -2.36. The highest BCUT2D eigenvalue weighted by molar-refractivity contribution is 9.10. The number of ether oxygens (including phenoxy) is 2. The van der Waals surface area contributed by atoms with E-state index < -0.39 is 17.7 Å². The molecule has 0 saturated heterocycles. The predicted molar refractivity (Wildman–Crippen MR) is 85.5 cm³/mol. The molecule has 0 fully saturated rings. The second-order valence-corrected chi connectivity index (χ2v) is 6.61. The summed E-state index contributed by atoms with van der Waals surface area (Å²) in [5.41, 5.74) is -0.490. The monoisotopic (exact) mass is 373 g/mol. The second-order valence-electron chi connectivity index (χ2n) is 5.70. The molecule has 0 bridgehead atoms. The van der Waals surface area contributed by atoms with Crippen LogP contribution in [0.4, 0.5) is 4.79 Å². The molecule has 0 spiro atoms. The van der Waals surface area contributed by atoms with Crippen molar-refractivity contribution in [3.05, 3.63) is 28.2 Å². The number of carboxylic acid groups (broad SMARTS) is 1. The van der Waals surface area contributed by atoms with Crippen LogP contribution < -0.4 is 4.74 Å². The summed E-state index contributed by atoms with van der Waals surface area (Å²) < 4.78 is 11.4. The van der Waals surface area contributed by atoms with E-state index in [0.717, 1.165) is 0 Å². The molecule has 122 valence electrons. The van der Waals surface area contributed by atoms with E-state index in [9.17, 15) is 9.59 Å². The molecule has 1 aromatic rings. The zero-order valence-electron chi connectivity index (χ0n) is 13.1. The van der Waals surface area contributed by atoms with Gasteiger partial charge in [0.1, 0.15) is 23.5 Å². The van der Waals surface area contributed by atoms with E-state index in [0.29, 0.717) is 4.47 Å². The summed E-state index contributed by atoms with van der Waals surface area (Å²) in [6, 6.07) is 4.67. The number of amides is 1. The molecule has 7 heteroatoms. The van der Waals surface area contributed by atoms with Crippen LogP contribution >= 0.6 is 15.9 Å². The minimum atomic E-state index is -1.07. The molecule has 22 heavy (non-hydrogen) atoms. The molecule has 0 aliphatic carbocycles. The molecule has 0 saturated carbocycles. The van der Waals surface area contributed by atoms with E-state index in [1.807, 2.05) is 0 Å². The van der Waals surface area contributed by atoms with Crippen molar-refractivity contribution in [3.63, 3.8) is 0 Å². The lowest BCUT2D eigenvalue weighted by molar-refractivity contribution is 0.0277. The van der Waals surface area contributed by atoms with Gasteiger partial charge in [0.2, 0.25) is 0 Å². The van der Waals surface area contributed by atoms with Crippen molar-refractivity contribution in [2.75, 3.05) is 20.2 Å². The zero-order valence-corrected chi connectivity index (χ0v) is 14.6. The smallest absolute Gasteiger partial charge is 0.410 e. The third-order valence-corrected chi connectivity index (χ3v) is 3.06. The minimum Gasteiger partial charge on any atom is -0.491 e. The van der Waals surface area contributed by atoms with Crippen LogP contribution in [-0.2, 0) is 4.74 Å².